The average molecular weight is 320 g/mol. The summed E-state index contributed by atoms with van der Waals surface area (Å²) in [5.41, 5.74) is 2.77. The number of thiophene rings is 1. The molecular formula is C16H20N2OS2. The summed E-state index contributed by atoms with van der Waals surface area (Å²) in [4.78, 5) is 17.9. The molecule has 0 fully saturated rings. The van der Waals surface area contributed by atoms with Gasteiger partial charge >= 0.3 is 4.87 Å². The molecule has 4 rings (SSSR count). The van der Waals surface area contributed by atoms with E-state index in [-0.39, 0.29) is 4.87 Å². The Morgan fingerprint density at radius 3 is 3.14 bits per heavy atom. The second-order valence-corrected chi connectivity index (χ2v) is 8.37. The van der Waals surface area contributed by atoms with E-state index in [4.69, 9.17) is 0 Å². The van der Waals surface area contributed by atoms with E-state index in [9.17, 15) is 4.79 Å². The molecule has 2 aromatic rings. The molecule has 1 aliphatic heterocycles. The minimum absolute atomic E-state index is 0.241. The first-order chi connectivity index (χ1) is 10.2. The minimum Gasteiger partial charge on any atom is -0.289 e. The predicted molar refractivity (Wildman–Crippen MR) is 88.2 cm³/mol. The fourth-order valence-electron chi connectivity index (χ4n) is 3.49. The highest BCUT2D eigenvalue weighted by atomic mass is 32.1. The Morgan fingerprint density at radius 1 is 1.33 bits per heavy atom. The molecule has 21 heavy (non-hydrogen) atoms. The van der Waals surface area contributed by atoms with E-state index in [1.54, 1.807) is 0 Å². The lowest BCUT2D eigenvalue weighted by atomic mass is 9.93. The summed E-state index contributed by atoms with van der Waals surface area (Å²) in [6.07, 6.45) is 4.52. The van der Waals surface area contributed by atoms with Crippen molar-refractivity contribution in [2.75, 3.05) is 6.54 Å². The zero-order valence-electron chi connectivity index (χ0n) is 12.3. The first kappa shape index (κ1) is 13.7. The maximum atomic E-state index is 12.3. The van der Waals surface area contributed by atoms with Gasteiger partial charge in [0.05, 0.1) is 6.67 Å². The molecule has 3 nitrogen and oxygen atoms in total. The monoisotopic (exact) mass is 320 g/mol. The Bertz CT molecular complexity index is 712. The van der Waals surface area contributed by atoms with Crippen LogP contribution in [0.5, 0.6) is 0 Å². The van der Waals surface area contributed by atoms with Crippen LogP contribution in [0.2, 0.25) is 0 Å². The smallest absolute Gasteiger partial charge is 0.289 e. The Balaban J connectivity index is 1.57. The van der Waals surface area contributed by atoms with E-state index in [2.05, 4.69) is 23.3 Å². The molecule has 0 radical (unpaired) electrons. The molecule has 0 saturated heterocycles. The molecule has 1 atom stereocenters. The van der Waals surface area contributed by atoms with Crippen molar-refractivity contribution >= 4 is 22.7 Å². The molecule has 2 aliphatic rings. The second kappa shape index (κ2) is 5.38. The second-order valence-electron chi connectivity index (χ2n) is 6.33. The summed E-state index contributed by atoms with van der Waals surface area (Å²) in [7, 11) is 0. The standard InChI is InChI=1S/C16H20N2OS2/c1-11-2-3-13-15(8-11)21-16(19)18(13)10-17-6-4-14-12(9-17)5-7-20-14/h5,7,11H,2-4,6,8-10H2,1H3/t11-/m1/s1. The van der Waals surface area contributed by atoms with E-state index >= 15 is 0 Å². The van der Waals surface area contributed by atoms with E-state index < -0.39 is 0 Å². The van der Waals surface area contributed by atoms with Crippen LogP contribution in [0.4, 0.5) is 0 Å². The third-order valence-corrected chi connectivity index (χ3v) is 6.78. The molecule has 5 heteroatoms. The molecular weight excluding hydrogens is 300 g/mol. The molecule has 1 aliphatic carbocycles. The highest BCUT2D eigenvalue weighted by molar-refractivity contribution is 7.10. The SMILES string of the molecule is C[C@@H]1CCc2c(sc(=O)n2CN2CCc3sccc3C2)C1. The van der Waals surface area contributed by atoms with Crippen molar-refractivity contribution in [3.63, 3.8) is 0 Å². The van der Waals surface area contributed by atoms with Gasteiger partial charge < -0.3 is 0 Å². The van der Waals surface area contributed by atoms with Crippen LogP contribution in [-0.4, -0.2) is 16.0 Å². The van der Waals surface area contributed by atoms with Crippen LogP contribution in [0.1, 0.15) is 34.4 Å². The average Bonchev–Trinajstić information content (AvgIpc) is 3.03. The van der Waals surface area contributed by atoms with E-state index in [0.29, 0.717) is 0 Å². The number of fused-ring (bicyclic) bond motifs is 2. The van der Waals surface area contributed by atoms with Gasteiger partial charge in [-0.25, -0.2) is 0 Å². The quantitative estimate of drug-likeness (QED) is 0.849. The van der Waals surface area contributed by atoms with Crippen molar-refractivity contribution in [2.45, 2.75) is 45.8 Å². The highest BCUT2D eigenvalue weighted by Crippen LogP contribution is 2.28. The molecule has 2 aromatic heterocycles. The molecule has 0 saturated carbocycles. The van der Waals surface area contributed by atoms with E-state index in [1.807, 2.05) is 15.9 Å². The fraction of sp³-hybridized carbons (Fsp3) is 0.562. The summed E-state index contributed by atoms with van der Waals surface area (Å²) < 4.78 is 2.04. The van der Waals surface area contributed by atoms with Crippen molar-refractivity contribution in [1.82, 2.24) is 9.47 Å². The van der Waals surface area contributed by atoms with Crippen molar-refractivity contribution < 1.29 is 0 Å². The molecule has 0 amide bonds. The van der Waals surface area contributed by atoms with Gasteiger partial charge in [0.15, 0.2) is 0 Å². The molecule has 0 aromatic carbocycles. The fourth-order valence-corrected chi connectivity index (χ4v) is 5.56. The maximum absolute atomic E-state index is 12.3. The van der Waals surface area contributed by atoms with E-state index in [1.165, 1.54) is 38.8 Å². The molecule has 112 valence electrons. The van der Waals surface area contributed by atoms with Gasteiger partial charge in [0.2, 0.25) is 0 Å². The number of thiazole rings is 1. The maximum Gasteiger partial charge on any atom is 0.308 e. The first-order valence-corrected chi connectivity index (χ1v) is 9.39. The number of nitrogens with zero attached hydrogens (tertiary/aromatic N) is 2. The largest absolute Gasteiger partial charge is 0.308 e. The van der Waals surface area contributed by atoms with Crippen LogP contribution in [0.3, 0.4) is 0 Å². The summed E-state index contributed by atoms with van der Waals surface area (Å²) >= 11 is 3.35. The Kier molecular flexibility index (Phi) is 3.52. The van der Waals surface area contributed by atoms with Gasteiger partial charge in [-0.15, -0.1) is 11.3 Å². The van der Waals surface area contributed by atoms with Crippen molar-refractivity contribution in [3.05, 3.63) is 42.1 Å². The van der Waals surface area contributed by atoms with Crippen LogP contribution < -0.4 is 4.87 Å². The van der Waals surface area contributed by atoms with Crippen molar-refractivity contribution in [1.29, 1.82) is 0 Å². The van der Waals surface area contributed by atoms with Crippen molar-refractivity contribution in [2.24, 2.45) is 5.92 Å². The molecule has 0 spiro atoms. The van der Waals surface area contributed by atoms with Crippen LogP contribution in [-0.2, 0) is 32.5 Å². The summed E-state index contributed by atoms with van der Waals surface area (Å²) in [6.45, 7) is 5.13. The van der Waals surface area contributed by atoms with Gasteiger partial charge in [-0.05, 0) is 48.6 Å². The molecule has 3 heterocycles. The van der Waals surface area contributed by atoms with Gasteiger partial charge in [0, 0.05) is 28.5 Å². The molecule has 0 N–H and O–H groups in total. The van der Waals surface area contributed by atoms with Crippen LogP contribution >= 0.6 is 22.7 Å². The summed E-state index contributed by atoms with van der Waals surface area (Å²) in [5.74, 6) is 0.729. The highest BCUT2D eigenvalue weighted by Gasteiger charge is 2.24. The summed E-state index contributed by atoms with van der Waals surface area (Å²) in [6, 6.07) is 2.24. The third-order valence-electron chi connectivity index (χ3n) is 4.71. The van der Waals surface area contributed by atoms with Gasteiger partial charge in [-0.2, -0.15) is 0 Å². The Labute approximate surface area is 132 Å². The lowest BCUT2D eigenvalue weighted by Crippen LogP contribution is -2.35. The number of rotatable bonds is 2. The Hall–Kier alpha value is -0.910. The zero-order valence-corrected chi connectivity index (χ0v) is 13.9. The first-order valence-electron chi connectivity index (χ1n) is 7.69. The van der Waals surface area contributed by atoms with Crippen LogP contribution in [0, 0.1) is 5.92 Å². The number of hydrogen-bond acceptors (Lipinski definition) is 4. The lowest BCUT2D eigenvalue weighted by Gasteiger charge is -2.28. The van der Waals surface area contributed by atoms with Gasteiger partial charge in [0.25, 0.3) is 0 Å². The van der Waals surface area contributed by atoms with Gasteiger partial charge in [0.1, 0.15) is 0 Å². The summed E-state index contributed by atoms with van der Waals surface area (Å²) in [5, 5.41) is 2.19. The zero-order chi connectivity index (χ0) is 14.4. The Morgan fingerprint density at radius 2 is 2.24 bits per heavy atom. The van der Waals surface area contributed by atoms with Gasteiger partial charge in [-0.1, -0.05) is 18.3 Å². The lowest BCUT2D eigenvalue weighted by molar-refractivity contribution is 0.196. The third kappa shape index (κ3) is 2.51. The predicted octanol–water partition coefficient (Wildman–Crippen LogP) is 3.11. The normalized spacial score (nSPS) is 22.0. The molecule has 0 bridgehead atoms. The number of hydrogen-bond donors (Lipinski definition) is 0. The van der Waals surface area contributed by atoms with Crippen LogP contribution in [0.25, 0.3) is 0 Å². The van der Waals surface area contributed by atoms with Crippen molar-refractivity contribution in [3.8, 4) is 0 Å². The van der Waals surface area contributed by atoms with E-state index in [0.717, 1.165) is 44.9 Å². The number of aromatic nitrogens is 1. The van der Waals surface area contributed by atoms with Gasteiger partial charge in [-0.3, -0.25) is 14.3 Å². The molecule has 0 unspecified atom stereocenters. The van der Waals surface area contributed by atoms with Crippen LogP contribution in [0.15, 0.2) is 16.2 Å². The minimum atomic E-state index is 0.241. The topological polar surface area (TPSA) is 25.2 Å².